The molecule has 21 heavy (non-hydrogen) atoms. The van der Waals surface area contributed by atoms with Crippen molar-refractivity contribution < 1.29 is 4.74 Å². The van der Waals surface area contributed by atoms with Crippen LogP contribution in [-0.2, 0) is 0 Å². The predicted molar refractivity (Wildman–Crippen MR) is 86.8 cm³/mol. The van der Waals surface area contributed by atoms with Crippen LogP contribution in [0.2, 0.25) is 0 Å². The van der Waals surface area contributed by atoms with E-state index in [0.29, 0.717) is 0 Å². The Morgan fingerprint density at radius 2 is 1.43 bits per heavy atom. The highest BCUT2D eigenvalue weighted by atomic mass is 32.2. The van der Waals surface area contributed by atoms with Crippen molar-refractivity contribution >= 4 is 23.1 Å². The van der Waals surface area contributed by atoms with E-state index in [0.717, 1.165) is 32.7 Å². The summed E-state index contributed by atoms with van der Waals surface area (Å²) in [5.41, 5.74) is 2.10. The molecular formula is C18H13NOS. The van der Waals surface area contributed by atoms with E-state index in [1.165, 1.54) is 0 Å². The second-order valence-electron chi connectivity index (χ2n) is 4.80. The SMILES string of the molecule is c1ccc(Nc2ccc3c(c2)Oc2ccccc2S3)cc1. The molecule has 1 aliphatic heterocycles. The van der Waals surface area contributed by atoms with Crippen LogP contribution in [0, 0.1) is 0 Å². The number of anilines is 2. The Hall–Kier alpha value is -2.39. The summed E-state index contributed by atoms with van der Waals surface area (Å²) in [6.45, 7) is 0. The molecule has 0 saturated carbocycles. The van der Waals surface area contributed by atoms with Crippen molar-refractivity contribution in [1.29, 1.82) is 0 Å². The lowest BCUT2D eigenvalue weighted by atomic mass is 10.2. The lowest BCUT2D eigenvalue weighted by Crippen LogP contribution is -1.96. The lowest BCUT2D eigenvalue weighted by Gasteiger charge is -2.20. The van der Waals surface area contributed by atoms with E-state index in [-0.39, 0.29) is 0 Å². The van der Waals surface area contributed by atoms with Gasteiger partial charge in [0.05, 0.1) is 9.79 Å². The minimum absolute atomic E-state index is 0.902. The Balaban J connectivity index is 1.64. The standard InChI is InChI=1S/C18H13NOS/c1-2-6-13(7-3-1)19-14-10-11-18-16(12-14)20-15-8-4-5-9-17(15)21-18/h1-12,19H. The summed E-state index contributed by atoms with van der Waals surface area (Å²) in [6, 6.07) is 24.5. The predicted octanol–water partition coefficient (Wildman–Crippen LogP) is 5.69. The molecule has 2 nitrogen and oxygen atoms in total. The van der Waals surface area contributed by atoms with Gasteiger partial charge >= 0.3 is 0 Å². The van der Waals surface area contributed by atoms with Crippen LogP contribution in [-0.4, -0.2) is 0 Å². The molecule has 0 radical (unpaired) electrons. The summed E-state index contributed by atoms with van der Waals surface area (Å²) in [4.78, 5) is 2.31. The van der Waals surface area contributed by atoms with Gasteiger partial charge in [-0.05, 0) is 36.4 Å². The Kier molecular flexibility index (Phi) is 3.05. The van der Waals surface area contributed by atoms with Crippen LogP contribution >= 0.6 is 11.8 Å². The smallest absolute Gasteiger partial charge is 0.143 e. The Bertz CT molecular complexity index is 786. The number of hydrogen-bond donors (Lipinski definition) is 1. The zero-order valence-corrected chi connectivity index (χ0v) is 12.1. The van der Waals surface area contributed by atoms with Crippen molar-refractivity contribution in [3.63, 3.8) is 0 Å². The molecule has 3 aromatic rings. The van der Waals surface area contributed by atoms with Gasteiger partial charge in [0.15, 0.2) is 0 Å². The van der Waals surface area contributed by atoms with Gasteiger partial charge < -0.3 is 10.1 Å². The van der Waals surface area contributed by atoms with Crippen molar-refractivity contribution in [2.45, 2.75) is 9.79 Å². The first-order chi connectivity index (χ1) is 10.4. The van der Waals surface area contributed by atoms with Crippen molar-refractivity contribution in [2.24, 2.45) is 0 Å². The summed E-state index contributed by atoms with van der Waals surface area (Å²) in [5, 5.41) is 3.39. The highest BCUT2D eigenvalue weighted by Gasteiger charge is 2.17. The van der Waals surface area contributed by atoms with Gasteiger partial charge in [-0.2, -0.15) is 0 Å². The molecule has 0 aromatic heterocycles. The zero-order chi connectivity index (χ0) is 14.1. The fraction of sp³-hybridized carbons (Fsp3) is 0. The minimum atomic E-state index is 0.902. The summed E-state index contributed by atoms with van der Waals surface area (Å²) in [5.74, 6) is 1.83. The van der Waals surface area contributed by atoms with Crippen LogP contribution < -0.4 is 10.1 Å². The second kappa shape index (κ2) is 5.19. The van der Waals surface area contributed by atoms with Gasteiger partial charge in [0.25, 0.3) is 0 Å². The summed E-state index contributed by atoms with van der Waals surface area (Å²) in [6.07, 6.45) is 0. The maximum absolute atomic E-state index is 5.99. The third kappa shape index (κ3) is 2.48. The molecule has 3 heteroatoms. The molecule has 0 saturated heterocycles. The number of hydrogen-bond acceptors (Lipinski definition) is 3. The topological polar surface area (TPSA) is 21.3 Å². The van der Waals surface area contributed by atoms with E-state index < -0.39 is 0 Å². The summed E-state index contributed by atoms with van der Waals surface area (Å²) >= 11 is 1.74. The average molecular weight is 291 g/mol. The molecule has 0 atom stereocenters. The highest BCUT2D eigenvalue weighted by molar-refractivity contribution is 7.99. The number of fused-ring (bicyclic) bond motifs is 2. The van der Waals surface area contributed by atoms with Gasteiger partial charge in [0.2, 0.25) is 0 Å². The number of nitrogens with one attached hydrogen (secondary N) is 1. The van der Waals surface area contributed by atoms with E-state index in [9.17, 15) is 0 Å². The highest BCUT2D eigenvalue weighted by Crippen LogP contribution is 2.47. The molecular weight excluding hydrogens is 278 g/mol. The monoisotopic (exact) mass is 291 g/mol. The summed E-state index contributed by atoms with van der Waals surface area (Å²) < 4.78 is 5.99. The molecule has 1 N–H and O–H groups in total. The average Bonchev–Trinajstić information content (AvgIpc) is 2.54. The molecule has 0 amide bonds. The molecule has 1 heterocycles. The van der Waals surface area contributed by atoms with Gasteiger partial charge in [-0.25, -0.2) is 0 Å². The Morgan fingerprint density at radius 1 is 0.667 bits per heavy atom. The molecule has 0 bridgehead atoms. The maximum atomic E-state index is 5.99. The van der Waals surface area contributed by atoms with Crippen LogP contribution in [0.4, 0.5) is 11.4 Å². The van der Waals surface area contributed by atoms with E-state index in [2.05, 4.69) is 23.5 Å². The van der Waals surface area contributed by atoms with Crippen molar-refractivity contribution in [2.75, 3.05) is 5.32 Å². The van der Waals surface area contributed by atoms with Crippen LogP contribution in [0.15, 0.2) is 82.6 Å². The number of para-hydroxylation sites is 2. The molecule has 4 rings (SSSR count). The first-order valence-corrected chi connectivity index (χ1v) is 7.61. The second-order valence-corrected chi connectivity index (χ2v) is 5.89. The Morgan fingerprint density at radius 3 is 2.33 bits per heavy atom. The van der Waals surface area contributed by atoms with Crippen molar-refractivity contribution in [1.82, 2.24) is 0 Å². The molecule has 0 aliphatic carbocycles. The number of ether oxygens (including phenoxy) is 1. The molecule has 3 aromatic carbocycles. The van der Waals surface area contributed by atoms with E-state index in [1.807, 2.05) is 54.6 Å². The van der Waals surface area contributed by atoms with Gasteiger partial charge in [-0.3, -0.25) is 0 Å². The van der Waals surface area contributed by atoms with Gasteiger partial charge in [0.1, 0.15) is 11.5 Å². The first kappa shape index (κ1) is 12.4. The molecule has 0 unspecified atom stereocenters. The van der Waals surface area contributed by atoms with Crippen LogP contribution in [0.5, 0.6) is 11.5 Å². The lowest BCUT2D eigenvalue weighted by molar-refractivity contribution is 0.455. The summed E-state index contributed by atoms with van der Waals surface area (Å²) in [7, 11) is 0. The van der Waals surface area contributed by atoms with Crippen molar-refractivity contribution in [3.8, 4) is 11.5 Å². The first-order valence-electron chi connectivity index (χ1n) is 6.79. The Labute approximate surface area is 127 Å². The van der Waals surface area contributed by atoms with Crippen LogP contribution in [0.25, 0.3) is 0 Å². The molecule has 0 fully saturated rings. The third-order valence-corrected chi connectivity index (χ3v) is 4.41. The normalized spacial score (nSPS) is 12.0. The molecule has 0 spiro atoms. The van der Waals surface area contributed by atoms with E-state index in [1.54, 1.807) is 11.8 Å². The van der Waals surface area contributed by atoms with E-state index in [4.69, 9.17) is 4.74 Å². The zero-order valence-electron chi connectivity index (χ0n) is 11.2. The third-order valence-electron chi connectivity index (χ3n) is 3.30. The van der Waals surface area contributed by atoms with Crippen LogP contribution in [0.1, 0.15) is 0 Å². The number of rotatable bonds is 2. The van der Waals surface area contributed by atoms with Gasteiger partial charge in [0, 0.05) is 17.4 Å². The van der Waals surface area contributed by atoms with E-state index >= 15 is 0 Å². The number of benzene rings is 3. The quantitative estimate of drug-likeness (QED) is 0.513. The maximum Gasteiger partial charge on any atom is 0.143 e. The molecule has 102 valence electrons. The fourth-order valence-electron chi connectivity index (χ4n) is 2.29. The fourth-order valence-corrected chi connectivity index (χ4v) is 3.22. The minimum Gasteiger partial charge on any atom is -0.455 e. The van der Waals surface area contributed by atoms with Gasteiger partial charge in [-0.1, -0.05) is 42.1 Å². The molecule has 1 aliphatic rings. The van der Waals surface area contributed by atoms with Gasteiger partial charge in [-0.15, -0.1) is 0 Å². The largest absolute Gasteiger partial charge is 0.455 e. The van der Waals surface area contributed by atoms with Crippen LogP contribution in [0.3, 0.4) is 0 Å². The van der Waals surface area contributed by atoms with Crippen molar-refractivity contribution in [3.05, 3.63) is 72.8 Å².